The van der Waals surface area contributed by atoms with Crippen molar-refractivity contribution in [3.8, 4) is 0 Å². The number of rotatable bonds is 5. The molecule has 0 spiro atoms. The lowest BCUT2D eigenvalue weighted by Gasteiger charge is -2.12. The van der Waals surface area contributed by atoms with Crippen LogP contribution in [-0.2, 0) is 11.5 Å². The van der Waals surface area contributed by atoms with Crippen LogP contribution in [0.1, 0.15) is 0 Å². The van der Waals surface area contributed by atoms with Gasteiger partial charge in [0.15, 0.2) is 0 Å². The molecule has 0 aromatic carbocycles. The molecule has 0 atom stereocenters. The number of aliphatic hydroxyl groups is 1. The number of hydrogen-bond donors (Lipinski definition) is 1. The second-order valence-electron chi connectivity index (χ2n) is 3.88. The average Bonchev–Trinajstić information content (AvgIpc) is 2.72. The highest BCUT2D eigenvalue weighted by Crippen LogP contribution is 2.21. The Bertz CT molecular complexity index is 495. The van der Waals surface area contributed by atoms with Crippen molar-refractivity contribution in [2.45, 2.75) is 6.73 Å². The molecule has 0 amide bonds. The minimum Gasteiger partial charge on any atom is -0.394 e. The predicted octanol–water partition coefficient (Wildman–Crippen LogP) is 0.464. The highest BCUT2D eigenvalue weighted by Gasteiger charge is 2.09. The van der Waals surface area contributed by atoms with Gasteiger partial charge in [0.25, 0.3) is 0 Å². The Hall–Kier alpha value is -1.66. The third kappa shape index (κ3) is 2.37. The van der Waals surface area contributed by atoms with Crippen molar-refractivity contribution in [1.82, 2.24) is 14.5 Å². The first-order valence-corrected chi connectivity index (χ1v) is 5.40. The van der Waals surface area contributed by atoms with Crippen LogP contribution in [0.5, 0.6) is 0 Å². The first-order chi connectivity index (χ1) is 8.24. The highest BCUT2D eigenvalue weighted by atomic mass is 16.5. The number of nitrogens with zero attached hydrogens (tertiary/aromatic N) is 4. The van der Waals surface area contributed by atoms with Crippen LogP contribution in [0.15, 0.2) is 18.6 Å². The monoisotopic (exact) mass is 236 g/mol. The van der Waals surface area contributed by atoms with E-state index in [2.05, 4.69) is 9.97 Å². The minimum absolute atomic E-state index is 0.0249. The van der Waals surface area contributed by atoms with Gasteiger partial charge in [0.05, 0.1) is 18.6 Å². The van der Waals surface area contributed by atoms with Gasteiger partial charge in [0.2, 0.25) is 0 Å². The van der Waals surface area contributed by atoms with Gasteiger partial charge in [-0.2, -0.15) is 0 Å². The van der Waals surface area contributed by atoms with Crippen LogP contribution < -0.4 is 4.90 Å². The Morgan fingerprint density at radius 3 is 2.94 bits per heavy atom. The fraction of sp³-hybridized carbons (Fsp3) is 0.455. The van der Waals surface area contributed by atoms with E-state index < -0.39 is 0 Å². The SMILES string of the molecule is CN(C)c1ncnc2c1ccn2COCCO. The Morgan fingerprint density at radius 2 is 2.24 bits per heavy atom. The summed E-state index contributed by atoms with van der Waals surface area (Å²) in [5.41, 5.74) is 0.835. The van der Waals surface area contributed by atoms with Gasteiger partial charge in [-0.05, 0) is 6.07 Å². The summed E-state index contributed by atoms with van der Waals surface area (Å²) in [6.45, 7) is 0.733. The maximum absolute atomic E-state index is 8.66. The summed E-state index contributed by atoms with van der Waals surface area (Å²) >= 11 is 0. The molecule has 6 heteroatoms. The Kier molecular flexibility index (Phi) is 3.55. The van der Waals surface area contributed by atoms with Crippen LogP contribution in [0.4, 0.5) is 5.82 Å². The molecule has 2 aromatic rings. The largest absolute Gasteiger partial charge is 0.394 e. The van der Waals surface area contributed by atoms with Gasteiger partial charge in [-0.3, -0.25) is 0 Å². The third-order valence-electron chi connectivity index (χ3n) is 2.42. The van der Waals surface area contributed by atoms with Crippen LogP contribution in [0.2, 0.25) is 0 Å². The zero-order valence-electron chi connectivity index (χ0n) is 10.00. The van der Waals surface area contributed by atoms with Gasteiger partial charge >= 0.3 is 0 Å². The molecule has 2 heterocycles. The summed E-state index contributed by atoms with van der Waals surface area (Å²) in [5, 5.41) is 9.65. The van der Waals surface area contributed by atoms with Crippen LogP contribution in [0.3, 0.4) is 0 Å². The summed E-state index contributed by atoms with van der Waals surface area (Å²) in [6.07, 6.45) is 3.45. The van der Waals surface area contributed by atoms with E-state index in [9.17, 15) is 0 Å². The number of aromatic nitrogens is 3. The lowest BCUT2D eigenvalue weighted by atomic mass is 10.3. The van der Waals surface area contributed by atoms with Crippen molar-refractivity contribution in [3.05, 3.63) is 18.6 Å². The van der Waals surface area contributed by atoms with Gasteiger partial charge in [-0.1, -0.05) is 0 Å². The molecule has 1 N–H and O–H groups in total. The number of fused-ring (bicyclic) bond motifs is 1. The molecule has 17 heavy (non-hydrogen) atoms. The van der Waals surface area contributed by atoms with E-state index in [-0.39, 0.29) is 6.61 Å². The summed E-state index contributed by atoms with van der Waals surface area (Å²) in [5.74, 6) is 0.885. The second-order valence-corrected chi connectivity index (χ2v) is 3.88. The van der Waals surface area contributed by atoms with E-state index in [1.807, 2.05) is 35.8 Å². The summed E-state index contributed by atoms with van der Waals surface area (Å²) in [7, 11) is 3.89. The van der Waals surface area contributed by atoms with Crippen molar-refractivity contribution < 1.29 is 9.84 Å². The van der Waals surface area contributed by atoms with Gasteiger partial charge in [-0.15, -0.1) is 0 Å². The Labute approximate surface area is 99.5 Å². The van der Waals surface area contributed by atoms with Crippen LogP contribution >= 0.6 is 0 Å². The zero-order chi connectivity index (χ0) is 12.3. The van der Waals surface area contributed by atoms with Gasteiger partial charge < -0.3 is 19.3 Å². The molecule has 92 valence electrons. The van der Waals surface area contributed by atoms with Gasteiger partial charge in [-0.25, -0.2) is 9.97 Å². The highest BCUT2D eigenvalue weighted by molar-refractivity contribution is 5.87. The summed E-state index contributed by atoms with van der Waals surface area (Å²) < 4.78 is 7.16. The van der Waals surface area contributed by atoms with E-state index in [0.29, 0.717) is 13.3 Å². The van der Waals surface area contributed by atoms with E-state index in [0.717, 1.165) is 16.9 Å². The molecule has 0 fully saturated rings. The third-order valence-corrected chi connectivity index (χ3v) is 2.42. The number of hydrogen-bond acceptors (Lipinski definition) is 5. The molecule has 6 nitrogen and oxygen atoms in total. The van der Waals surface area contributed by atoms with E-state index >= 15 is 0 Å². The lowest BCUT2D eigenvalue weighted by molar-refractivity contribution is 0.0502. The average molecular weight is 236 g/mol. The summed E-state index contributed by atoms with van der Waals surface area (Å²) in [4.78, 5) is 10.4. The molecular weight excluding hydrogens is 220 g/mol. The van der Waals surface area contributed by atoms with Crippen LogP contribution in [0.25, 0.3) is 11.0 Å². The number of aliphatic hydroxyl groups excluding tert-OH is 1. The molecule has 0 saturated carbocycles. The maximum Gasteiger partial charge on any atom is 0.147 e. The molecule has 0 radical (unpaired) electrons. The Morgan fingerprint density at radius 1 is 1.41 bits per heavy atom. The number of ether oxygens (including phenoxy) is 1. The van der Waals surface area contributed by atoms with E-state index in [4.69, 9.17) is 9.84 Å². The van der Waals surface area contributed by atoms with Crippen LogP contribution in [-0.4, -0.2) is 47.0 Å². The molecular formula is C11H16N4O2. The zero-order valence-corrected chi connectivity index (χ0v) is 10.00. The lowest BCUT2D eigenvalue weighted by Crippen LogP contribution is -2.11. The van der Waals surface area contributed by atoms with E-state index in [1.54, 1.807) is 6.33 Å². The first-order valence-electron chi connectivity index (χ1n) is 5.40. The second kappa shape index (κ2) is 5.11. The molecule has 2 rings (SSSR count). The van der Waals surface area contributed by atoms with Crippen molar-refractivity contribution in [3.63, 3.8) is 0 Å². The summed E-state index contributed by atoms with van der Waals surface area (Å²) in [6, 6.07) is 1.97. The van der Waals surface area contributed by atoms with E-state index in [1.165, 1.54) is 0 Å². The van der Waals surface area contributed by atoms with Crippen molar-refractivity contribution in [2.75, 3.05) is 32.2 Å². The minimum atomic E-state index is 0.0249. The Balaban J connectivity index is 2.31. The van der Waals surface area contributed by atoms with Crippen molar-refractivity contribution in [1.29, 1.82) is 0 Å². The maximum atomic E-state index is 8.66. The van der Waals surface area contributed by atoms with Crippen molar-refractivity contribution >= 4 is 16.9 Å². The van der Waals surface area contributed by atoms with Gasteiger partial charge in [0.1, 0.15) is 24.5 Å². The first kappa shape index (κ1) is 11.8. The molecule has 0 saturated heterocycles. The quantitative estimate of drug-likeness (QED) is 0.764. The smallest absolute Gasteiger partial charge is 0.147 e. The van der Waals surface area contributed by atoms with Crippen LogP contribution in [0, 0.1) is 0 Å². The fourth-order valence-corrected chi connectivity index (χ4v) is 1.68. The predicted molar refractivity (Wildman–Crippen MR) is 64.9 cm³/mol. The molecule has 0 aliphatic rings. The normalized spacial score (nSPS) is 11.0. The molecule has 0 bridgehead atoms. The van der Waals surface area contributed by atoms with Gasteiger partial charge in [0, 0.05) is 20.3 Å². The standard InChI is InChI=1S/C11H16N4O2/c1-14(2)10-9-3-4-15(8-17-6-5-16)11(9)13-7-12-10/h3-4,7,16H,5-6,8H2,1-2H3. The molecule has 0 unspecified atom stereocenters. The molecule has 0 aliphatic carbocycles. The fourth-order valence-electron chi connectivity index (χ4n) is 1.68. The topological polar surface area (TPSA) is 63.4 Å². The molecule has 0 aliphatic heterocycles. The van der Waals surface area contributed by atoms with Crippen molar-refractivity contribution in [2.24, 2.45) is 0 Å². The number of anilines is 1. The molecule has 2 aromatic heterocycles.